The Morgan fingerprint density at radius 3 is 2.68 bits per heavy atom. The smallest absolute Gasteiger partial charge is 0.228 e. The molecule has 0 aliphatic carbocycles. The van der Waals surface area contributed by atoms with E-state index in [9.17, 15) is 9.90 Å². The number of benzene rings is 1. The van der Waals surface area contributed by atoms with E-state index in [1.807, 2.05) is 6.92 Å². The molecule has 1 aromatic heterocycles. The van der Waals surface area contributed by atoms with Crippen molar-refractivity contribution in [2.75, 3.05) is 5.32 Å². The Morgan fingerprint density at radius 1 is 1.36 bits per heavy atom. The third-order valence-electron chi connectivity index (χ3n) is 3.58. The van der Waals surface area contributed by atoms with Gasteiger partial charge in [0.15, 0.2) is 0 Å². The maximum absolute atomic E-state index is 12.1. The van der Waals surface area contributed by atoms with E-state index in [1.165, 1.54) is 0 Å². The number of rotatable bonds is 6. The van der Waals surface area contributed by atoms with E-state index in [4.69, 9.17) is 11.6 Å². The van der Waals surface area contributed by atoms with Gasteiger partial charge < -0.3 is 10.4 Å². The molecule has 2 aromatic rings. The molecule has 0 saturated heterocycles. The van der Waals surface area contributed by atoms with Crippen molar-refractivity contribution < 1.29 is 9.90 Å². The summed E-state index contributed by atoms with van der Waals surface area (Å²) in [4.78, 5) is 12.1. The van der Waals surface area contributed by atoms with Crippen molar-refractivity contribution in [2.45, 2.75) is 38.8 Å². The molecule has 2 unspecified atom stereocenters. The summed E-state index contributed by atoms with van der Waals surface area (Å²) < 4.78 is 1.77. The van der Waals surface area contributed by atoms with Crippen molar-refractivity contribution in [3.63, 3.8) is 0 Å². The molecule has 0 fully saturated rings. The third-order valence-corrected chi connectivity index (χ3v) is 3.83. The molecule has 2 atom stereocenters. The van der Waals surface area contributed by atoms with Gasteiger partial charge in [-0.2, -0.15) is 5.10 Å². The number of anilines is 1. The second-order valence-corrected chi connectivity index (χ2v) is 5.67. The monoisotopic (exact) mass is 321 g/mol. The van der Waals surface area contributed by atoms with Gasteiger partial charge in [0, 0.05) is 11.1 Å². The molecule has 1 amide bonds. The number of carbonyl (C=O) groups excluding carboxylic acids is 1. The van der Waals surface area contributed by atoms with E-state index in [-0.39, 0.29) is 18.4 Å². The second-order valence-electron chi connectivity index (χ2n) is 5.24. The molecular weight excluding hydrogens is 302 g/mol. The molecule has 22 heavy (non-hydrogen) atoms. The van der Waals surface area contributed by atoms with Crippen molar-refractivity contribution in [3.05, 3.63) is 47.1 Å². The summed E-state index contributed by atoms with van der Waals surface area (Å²) in [5, 5.41) is 17.7. The number of nitrogens with zero attached hydrogens (tertiary/aromatic N) is 2. The molecule has 0 radical (unpaired) electrons. The number of aliphatic hydroxyl groups is 1. The average Bonchev–Trinajstić information content (AvgIpc) is 2.95. The van der Waals surface area contributed by atoms with Crippen molar-refractivity contribution in [1.29, 1.82) is 0 Å². The lowest BCUT2D eigenvalue weighted by molar-refractivity contribution is -0.118. The van der Waals surface area contributed by atoms with Crippen LogP contribution in [0.5, 0.6) is 0 Å². The first kappa shape index (κ1) is 16.5. The fourth-order valence-corrected chi connectivity index (χ4v) is 2.24. The maximum Gasteiger partial charge on any atom is 0.228 e. The molecule has 1 heterocycles. The standard InChI is InChI=1S/C16H20ClN3O2/c1-3-11(2)20-15(8-9-18-20)19-16(22)10-14(21)12-4-6-13(17)7-5-12/h4-9,11,14,21H,3,10H2,1-2H3,(H,19,22). The van der Waals surface area contributed by atoms with Crippen molar-refractivity contribution in [2.24, 2.45) is 0 Å². The molecule has 2 N–H and O–H groups in total. The summed E-state index contributed by atoms with van der Waals surface area (Å²) in [5.41, 5.74) is 0.662. The molecule has 0 bridgehead atoms. The van der Waals surface area contributed by atoms with Gasteiger partial charge >= 0.3 is 0 Å². The van der Waals surface area contributed by atoms with Gasteiger partial charge in [-0.15, -0.1) is 0 Å². The molecule has 0 aliphatic heterocycles. The number of nitrogens with one attached hydrogen (secondary N) is 1. The summed E-state index contributed by atoms with van der Waals surface area (Å²) >= 11 is 5.81. The molecule has 0 spiro atoms. The van der Waals surface area contributed by atoms with E-state index in [0.717, 1.165) is 6.42 Å². The van der Waals surface area contributed by atoms with Gasteiger partial charge in [0.05, 0.1) is 24.8 Å². The molecule has 6 heteroatoms. The Kier molecular flexibility index (Phi) is 5.57. The van der Waals surface area contributed by atoms with Crippen LogP contribution in [0.4, 0.5) is 5.82 Å². The quantitative estimate of drug-likeness (QED) is 0.854. The SMILES string of the molecule is CCC(C)n1nccc1NC(=O)CC(O)c1ccc(Cl)cc1. The first-order chi connectivity index (χ1) is 10.5. The van der Waals surface area contributed by atoms with E-state index in [2.05, 4.69) is 17.3 Å². The topological polar surface area (TPSA) is 67.2 Å². The van der Waals surface area contributed by atoms with Crippen molar-refractivity contribution in [1.82, 2.24) is 9.78 Å². The van der Waals surface area contributed by atoms with Crippen LogP contribution in [0.15, 0.2) is 36.5 Å². The van der Waals surface area contributed by atoms with Crippen molar-refractivity contribution >= 4 is 23.3 Å². The Bertz CT molecular complexity index is 625. The predicted molar refractivity (Wildman–Crippen MR) is 86.9 cm³/mol. The normalized spacial score (nSPS) is 13.6. The molecule has 118 valence electrons. The Hall–Kier alpha value is -1.85. The average molecular weight is 322 g/mol. The van der Waals surface area contributed by atoms with E-state index >= 15 is 0 Å². The summed E-state index contributed by atoms with van der Waals surface area (Å²) in [6.07, 6.45) is 1.68. The second kappa shape index (κ2) is 7.42. The molecule has 2 rings (SSSR count). The number of halogens is 1. The summed E-state index contributed by atoms with van der Waals surface area (Å²) in [6, 6.07) is 8.75. The zero-order valence-corrected chi connectivity index (χ0v) is 13.4. The number of aliphatic hydroxyl groups excluding tert-OH is 1. The highest BCUT2D eigenvalue weighted by molar-refractivity contribution is 6.30. The Morgan fingerprint density at radius 2 is 2.05 bits per heavy atom. The lowest BCUT2D eigenvalue weighted by atomic mass is 10.1. The summed E-state index contributed by atoms with van der Waals surface area (Å²) in [5.74, 6) is 0.384. The van der Waals surface area contributed by atoms with E-state index in [1.54, 1.807) is 41.2 Å². The Labute approximate surface area is 134 Å². The van der Waals surface area contributed by atoms with Gasteiger partial charge in [-0.05, 0) is 31.0 Å². The number of amides is 1. The van der Waals surface area contributed by atoms with Crippen LogP contribution < -0.4 is 5.32 Å². The van der Waals surface area contributed by atoms with Crippen LogP contribution in [-0.4, -0.2) is 20.8 Å². The predicted octanol–water partition coefficient (Wildman–Crippen LogP) is 3.57. The maximum atomic E-state index is 12.1. The van der Waals surface area contributed by atoms with E-state index < -0.39 is 6.10 Å². The molecule has 0 saturated carbocycles. The molecular formula is C16H20ClN3O2. The minimum Gasteiger partial charge on any atom is -0.388 e. The number of hydrogen-bond donors (Lipinski definition) is 2. The van der Waals surface area contributed by atoms with Gasteiger partial charge in [0.1, 0.15) is 5.82 Å². The minimum atomic E-state index is -0.864. The molecule has 5 nitrogen and oxygen atoms in total. The van der Waals surface area contributed by atoms with Crippen molar-refractivity contribution in [3.8, 4) is 0 Å². The van der Waals surface area contributed by atoms with Gasteiger partial charge in [-0.1, -0.05) is 30.7 Å². The highest BCUT2D eigenvalue weighted by Gasteiger charge is 2.16. The summed E-state index contributed by atoms with van der Waals surface area (Å²) in [6.45, 7) is 4.09. The first-order valence-electron chi connectivity index (χ1n) is 7.28. The fourth-order valence-electron chi connectivity index (χ4n) is 2.11. The fraction of sp³-hybridized carbons (Fsp3) is 0.375. The first-order valence-corrected chi connectivity index (χ1v) is 7.66. The minimum absolute atomic E-state index is 0.0205. The van der Waals surface area contributed by atoms with Gasteiger partial charge in [0.25, 0.3) is 0 Å². The lowest BCUT2D eigenvalue weighted by Gasteiger charge is -2.15. The van der Waals surface area contributed by atoms with E-state index in [0.29, 0.717) is 16.4 Å². The molecule has 0 aliphatic rings. The van der Waals surface area contributed by atoms with Crippen LogP contribution in [0, 0.1) is 0 Å². The largest absolute Gasteiger partial charge is 0.388 e. The molecule has 1 aromatic carbocycles. The van der Waals surface area contributed by atoms with Gasteiger partial charge in [-0.25, -0.2) is 4.68 Å². The van der Waals surface area contributed by atoms with Crippen LogP contribution in [0.3, 0.4) is 0 Å². The van der Waals surface area contributed by atoms with Crippen LogP contribution in [0.2, 0.25) is 5.02 Å². The third kappa shape index (κ3) is 4.08. The summed E-state index contributed by atoms with van der Waals surface area (Å²) in [7, 11) is 0. The van der Waals surface area contributed by atoms with Crippen LogP contribution in [-0.2, 0) is 4.79 Å². The number of carbonyl (C=O) groups is 1. The van der Waals surface area contributed by atoms with Gasteiger partial charge in [-0.3, -0.25) is 4.79 Å². The highest BCUT2D eigenvalue weighted by atomic mass is 35.5. The number of aromatic nitrogens is 2. The van der Waals surface area contributed by atoms with Gasteiger partial charge in [0.2, 0.25) is 5.91 Å². The Balaban J connectivity index is 1.98. The highest BCUT2D eigenvalue weighted by Crippen LogP contribution is 2.21. The lowest BCUT2D eigenvalue weighted by Crippen LogP contribution is -2.19. The van der Waals surface area contributed by atoms with Crippen LogP contribution in [0.25, 0.3) is 0 Å². The van der Waals surface area contributed by atoms with Crippen LogP contribution in [0.1, 0.15) is 44.4 Å². The zero-order chi connectivity index (χ0) is 16.1. The zero-order valence-electron chi connectivity index (χ0n) is 12.7. The van der Waals surface area contributed by atoms with Crippen LogP contribution >= 0.6 is 11.6 Å². The number of hydrogen-bond acceptors (Lipinski definition) is 3.